The van der Waals surface area contributed by atoms with Gasteiger partial charge in [-0.25, -0.2) is 4.68 Å². The van der Waals surface area contributed by atoms with Crippen LogP contribution in [0.3, 0.4) is 0 Å². The van der Waals surface area contributed by atoms with Crippen LogP contribution in [-0.2, 0) is 4.79 Å². The van der Waals surface area contributed by atoms with E-state index in [1.807, 2.05) is 24.3 Å². The molecule has 0 aliphatic carbocycles. The average Bonchev–Trinajstić information content (AvgIpc) is 3.17. The third-order valence-corrected chi connectivity index (χ3v) is 3.96. The predicted octanol–water partition coefficient (Wildman–Crippen LogP) is 0.879. The van der Waals surface area contributed by atoms with Crippen LogP contribution in [0.4, 0.5) is 0 Å². The van der Waals surface area contributed by atoms with E-state index in [1.54, 1.807) is 4.68 Å². The highest BCUT2D eigenvalue weighted by Crippen LogP contribution is 2.19. The van der Waals surface area contributed by atoms with Crippen LogP contribution in [0.2, 0.25) is 0 Å². The van der Waals surface area contributed by atoms with Crippen LogP contribution in [0.15, 0.2) is 46.5 Å². The molecule has 3 rings (SSSR count). The molecule has 1 aromatic carbocycles. The van der Waals surface area contributed by atoms with E-state index in [-0.39, 0.29) is 11.7 Å². The standard InChI is InChI=1S/C11H9BrN8OS/c12-8-1-3-9(4-2-8)20-11(15-17-18-20)22-5-10(21)16-19-6-13-14-7-19/h1-4,6-7H,5H2,(H,16,21). The van der Waals surface area contributed by atoms with E-state index < -0.39 is 0 Å². The van der Waals surface area contributed by atoms with Gasteiger partial charge in [0.05, 0.1) is 11.4 Å². The number of amides is 1. The van der Waals surface area contributed by atoms with E-state index in [9.17, 15) is 4.79 Å². The van der Waals surface area contributed by atoms with Crippen molar-refractivity contribution in [2.24, 2.45) is 0 Å². The molecular weight excluding hydrogens is 372 g/mol. The van der Waals surface area contributed by atoms with Crippen molar-refractivity contribution in [2.45, 2.75) is 5.16 Å². The Morgan fingerprint density at radius 3 is 2.68 bits per heavy atom. The highest BCUT2D eigenvalue weighted by molar-refractivity contribution is 9.10. The topological polar surface area (TPSA) is 103 Å². The first-order valence-electron chi connectivity index (χ1n) is 6.04. The molecule has 3 aromatic rings. The highest BCUT2D eigenvalue weighted by atomic mass is 79.9. The molecule has 2 aromatic heterocycles. The summed E-state index contributed by atoms with van der Waals surface area (Å²) in [5, 5.41) is 19.2. The maximum atomic E-state index is 11.8. The third-order valence-electron chi connectivity index (χ3n) is 2.52. The quantitative estimate of drug-likeness (QED) is 0.655. The molecule has 0 bridgehead atoms. The van der Waals surface area contributed by atoms with Gasteiger partial charge in [-0.1, -0.05) is 27.7 Å². The first-order valence-corrected chi connectivity index (χ1v) is 7.82. The lowest BCUT2D eigenvalue weighted by atomic mass is 10.3. The lowest BCUT2D eigenvalue weighted by Crippen LogP contribution is -2.23. The van der Waals surface area contributed by atoms with E-state index in [4.69, 9.17) is 0 Å². The molecule has 0 spiro atoms. The summed E-state index contributed by atoms with van der Waals surface area (Å²) in [6.45, 7) is 0. The molecule has 0 saturated heterocycles. The molecule has 2 heterocycles. The Kier molecular flexibility index (Phi) is 4.44. The second kappa shape index (κ2) is 6.66. The molecule has 9 nitrogen and oxygen atoms in total. The molecule has 0 aliphatic heterocycles. The number of thioether (sulfide) groups is 1. The van der Waals surface area contributed by atoms with Gasteiger partial charge in [-0.15, -0.1) is 15.3 Å². The van der Waals surface area contributed by atoms with Crippen molar-refractivity contribution in [3.05, 3.63) is 41.4 Å². The van der Waals surface area contributed by atoms with Crippen molar-refractivity contribution in [2.75, 3.05) is 11.2 Å². The molecule has 0 atom stereocenters. The van der Waals surface area contributed by atoms with E-state index in [2.05, 4.69) is 47.1 Å². The monoisotopic (exact) mass is 380 g/mol. The summed E-state index contributed by atoms with van der Waals surface area (Å²) < 4.78 is 3.91. The van der Waals surface area contributed by atoms with Gasteiger partial charge in [0.25, 0.3) is 0 Å². The lowest BCUT2D eigenvalue weighted by Gasteiger charge is -2.05. The zero-order valence-corrected chi connectivity index (χ0v) is 13.4. The van der Waals surface area contributed by atoms with Crippen LogP contribution in [-0.4, -0.2) is 46.7 Å². The van der Waals surface area contributed by atoms with Crippen LogP contribution in [0.25, 0.3) is 5.69 Å². The van der Waals surface area contributed by atoms with Gasteiger partial charge in [0.2, 0.25) is 11.1 Å². The van der Waals surface area contributed by atoms with E-state index in [1.165, 1.54) is 29.1 Å². The van der Waals surface area contributed by atoms with Crippen LogP contribution in [0, 0.1) is 0 Å². The first-order chi connectivity index (χ1) is 10.7. The highest BCUT2D eigenvalue weighted by Gasteiger charge is 2.11. The summed E-state index contributed by atoms with van der Waals surface area (Å²) >= 11 is 4.61. The molecule has 11 heteroatoms. The third kappa shape index (κ3) is 3.49. The van der Waals surface area contributed by atoms with Gasteiger partial charge >= 0.3 is 0 Å². The van der Waals surface area contributed by atoms with Crippen molar-refractivity contribution >= 4 is 33.6 Å². The molecule has 0 aliphatic rings. The van der Waals surface area contributed by atoms with Crippen molar-refractivity contribution in [3.63, 3.8) is 0 Å². The van der Waals surface area contributed by atoms with Crippen molar-refractivity contribution in [1.29, 1.82) is 0 Å². The van der Waals surface area contributed by atoms with Gasteiger partial charge < -0.3 is 0 Å². The minimum Gasteiger partial charge on any atom is -0.272 e. The van der Waals surface area contributed by atoms with Gasteiger partial charge in [0.15, 0.2) is 0 Å². The van der Waals surface area contributed by atoms with E-state index in [0.717, 1.165) is 10.2 Å². The Morgan fingerprint density at radius 1 is 1.23 bits per heavy atom. The molecule has 1 amide bonds. The molecule has 112 valence electrons. The second-order valence-electron chi connectivity index (χ2n) is 4.04. The number of benzene rings is 1. The number of nitrogens with one attached hydrogen (secondary N) is 1. The SMILES string of the molecule is O=C(CSc1nnnn1-c1ccc(Br)cc1)Nn1cnnc1. The number of tetrazole rings is 1. The summed E-state index contributed by atoms with van der Waals surface area (Å²) in [6, 6.07) is 7.54. The van der Waals surface area contributed by atoms with Crippen molar-refractivity contribution < 1.29 is 4.79 Å². The summed E-state index contributed by atoms with van der Waals surface area (Å²) in [7, 11) is 0. The number of carbonyl (C=O) groups is 1. The summed E-state index contributed by atoms with van der Waals surface area (Å²) in [4.78, 5) is 11.8. The minimum atomic E-state index is -0.213. The Hall–Kier alpha value is -2.27. The first kappa shape index (κ1) is 14.7. The lowest BCUT2D eigenvalue weighted by molar-refractivity contribution is -0.114. The molecule has 0 fully saturated rings. The molecule has 0 unspecified atom stereocenters. The minimum absolute atomic E-state index is 0.162. The Bertz CT molecular complexity index is 757. The van der Waals surface area contributed by atoms with Gasteiger partial charge in [-0.05, 0) is 34.7 Å². The van der Waals surface area contributed by atoms with E-state index >= 15 is 0 Å². The maximum Gasteiger partial charge on any atom is 0.249 e. The van der Waals surface area contributed by atoms with Gasteiger partial charge in [-0.3, -0.25) is 10.2 Å². The van der Waals surface area contributed by atoms with Gasteiger partial charge in [0, 0.05) is 4.47 Å². The van der Waals surface area contributed by atoms with Crippen LogP contribution in [0.1, 0.15) is 0 Å². The number of hydrogen-bond acceptors (Lipinski definition) is 7. The fraction of sp³-hybridized carbons (Fsp3) is 0.0909. The van der Waals surface area contributed by atoms with Crippen molar-refractivity contribution in [1.82, 2.24) is 35.1 Å². The summed E-state index contributed by atoms with van der Waals surface area (Å²) in [5.74, 6) is -0.0510. The van der Waals surface area contributed by atoms with Crippen LogP contribution < -0.4 is 5.43 Å². The van der Waals surface area contributed by atoms with E-state index in [0.29, 0.717) is 5.16 Å². The Balaban J connectivity index is 1.65. The smallest absolute Gasteiger partial charge is 0.249 e. The van der Waals surface area contributed by atoms with Crippen LogP contribution in [0.5, 0.6) is 0 Å². The molecular formula is C11H9BrN8OS. The fourth-order valence-electron chi connectivity index (χ4n) is 1.58. The Labute approximate surface area is 137 Å². The zero-order chi connectivity index (χ0) is 15.4. The number of nitrogens with zero attached hydrogens (tertiary/aromatic N) is 7. The van der Waals surface area contributed by atoms with Crippen LogP contribution >= 0.6 is 27.7 Å². The number of hydrogen-bond donors (Lipinski definition) is 1. The van der Waals surface area contributed by atoms with Crippen molar-refractivity contribution in [3.8, 4) is 5.69 Å². The van der Waals surface area contributed by atoms with Gasteiger partial charge in [-0.2, -0.15) is 4.68 Å². The maximum absolute atomic E-state index is 11.8. The number of aromatic nitrogens is 7. The zero-order valence-electron chi connectivity index (χ0n) is 11.0. The average molecular weight is 381 g/mol. The number of carbonyl (C=O) groups excluding carboxylic acids is 1. The normalized spacial score (nSPS) is 10.6. The van der Waals surface area contributed by atoms with Gasteiger partial charge in [0.1, 0.15) is 12.7 Å². The molecule has 0 radical (unpaired) electrons. The molecule has 1 N–H and O–H groups in total. The largest absolute Gasteiger partial charge is 0.272 e. The predicted molar refractivity (Wildman–Crippen MR) is 82.0 cm³/mol. The number of halogens is 1. The second-order valence-corrected chi connectivity index (χ2v) is 5.90. The molecule has 0 saturated carbocycles. The summed E-state index contributed by atoms with van der Waals surface area (Å²) in [5.41, 5.74) is 3.41. The fourth-order valence-corrected chi connectivity index (χ4v) is 2.53. The summed E-state index contributed by atoms with van der Waals surface area (Å²) in [6.07, 6.45) is 2.79. The number of rotatable bonds is 5. The molecule has 22 heavy (non-hydrogen) atoms. The Morgan fingerprint density at radius 2 is 1.95 bits per heavy atom.